The fourth-order valence-corrected chi connectivity index (χ4v) is 2.52. The maximum Gasteiger partial charge on any atom is 0.193 e. The summed E-state index contributed by atoms with van der Waals surface area (Å²) in [5.41, 5.74) is 1.38. The first-order chi connectivity index (χ1) is 10.2. The van der Waals surface area contributed by atoms with Crippen LogP contribution < -0.4 is 4.74 Å². The highest BCUT2D eigenvalue weighted by molar-refractivity contribution is 9.10. The fraction of sp³-hybridized carbons (Fsp3) is 0.0556. The normalized spacial score (nSPS) is 10.6. The molecule has 3 aromatic rings. The molecule has 0 atom stereocenters. The zero-order valence-corrected chi connectivity index (χ0v) is 13.1. The lowest BCUT2D eigenvalue weighted by atomic mass is 10.00. The average Bonchev–Trinajstić information content (AvgIpc) is 2.54. The number of hydrogen-bond donors (Lipinski definition) is 0. The molecule has 0 aliphatic heterocycles. The van der Waals surface area contributed by atoms with E-state index in [-0.39, 0.29) is 5.78 Å². The smallest absolute Gasteiger partial charge is 0.193 e. The van der Waals surface area contributed by atoms with Gasteiger partial charge in [0.15, 0.2) is 5.78 Å². The number of halogens is 1. The quantitative estimate of drug-likeness (QED) is 0.637. The van der Waals surface area contributed by atoms with Crippen molar-refractivity contribution in [2.24, 2.45) is 0 Å². The van der Waals surface area contributed by atoms with Crippen LogP contribution in [0.25, 0.3) is 10.8 Å². The number of carbonyl (C=O) groups is 1. The largest absolute Gasteiger partial charge is 0.497 e. The van der Waals surface area contributed by atoms with E-state index in [1.54, 1.807) is 7.11 Å². The Balaban J connectivity index is 2.00. The highest BCUT2D eigenvalue weighted by Crippen LogP contribution is 2.23. The second kappa shape index (κ2) is 5.70. The van der Waals surface area contributed by atoms with Gasteiger partial charge in [0, 0.05) is 15.6 Å². The Labute approximate surface area is 131 Å². The van der Waals surface area contributed by atoms with Crippen LogP contribution in [0, 0.1) is 0 Å². The summed E-state index contributed by atoms with van der Waals surface area (Å²) < 4.78 is 6.17. The van der Waals surface area contributed by atoms with Gasteiger partial charge in [-0.3, -0.25) is 4.79 Å². The third-order valence-corrected chi connectivity index (χ3v) is 3.94. The number of hydrogen-bond acceptors (Lipinski definition) is 2. The average molecular weight is 341 g/mol. The zero-order chi connectivity index (χ0) is 14.8. The first kappa shape index (κ1) is 13.8. The predicted molar refractivity (Wildman–Crippen MR) is 88.1 cm³/mol. The summed E-state index contributed by atoms with van der Waals surface area (Å²) in [5.74, 6) is 0.842. The zero-order valence-electron chi connectivity index (χ0n) is 11.5. The van der Waals surface area contributed by atoms with Crippen LogP contribution in [0.15, 0.2) is 65.1 Å². The molecule has 0 aliphatic carbocycles. The molecule has 0 aromatic heterocycles. The van der Waals surface area contributed by atoms with Crippen LogP contribution in [0.2, 0.25) is 0 Å². The molecule has 0 unspecified atom stereocenters. The number of carbonyl (C=O) groups excluding carboxylic acids is 1. The van der Waals surface area contributed by atoms with Crippen molar-refractivity contribution in [1.82, 2.24) is 0 Å². The topological polar surface area (TPSA) is 26.3 Å². The first-order valence-corrected chi connectivity index (χ1v) is 7.35. The third kappa shape index (κ3) is 2.83. The SMILES string of the molecule is COc1ccc2cc(C(=O)c3ccc(Br)cc3)ccc2c1. The van der Waals surface area contributed by atoms with E-state index in [1.807, 2.05) is 60.7 Å². The molecule has 3 rings (SSSR count). The molecule has 3 heteroatoms. The monoisotopic (exact) mass is 340 g/mol. The van der Waals surface area contributed by atoms with Gasteiger partial charge in [0.25, 0.3) is 0 Å². The van der Waals surface area contributed by atoms with Gasteiger partial charge >= 0.3 is 0 Å². The third-order valence-electron chi connectivity index (χ3n) is 3.42. The maximum atomic E-state index is 12.5. The summed E-state index contributed by atoms with van der Waals surface area (Å²) in [6.45, 7) is 0. The standard InChI is InChI=1S/C18H13BrO2/c1-21-17-9-6-13-10-15(3-2-14(13)11-17)18(20)12-4-7-16(19)8-5-12/h2-11H,1H3. The van der Waals surface area contributed by atoms with Crippen molar-refractivity contribution in [2.45, 2.75) is 0 Å². The minimum atomic E-state index is 0.0280. The van der Waals surface area contributed by atoms with Gasteiger partial charge in [-0.1, -0.05) is 34.1 Å². The summed E-state index contributed by atoms with van der Waals surface area (Å²) in [6.07, 6.45) is 0. The van der Waals surface area contributed by atoms with Crippen molar-refractivity contribution in [3.8, 4) is 5.75 Å². The minimum absolute atomic E-state index is 0.0280. The first-order valence-electron chi connectivity index (χ1n) is 6.55. The number of ketones is 1. The molecule has 21 heavy (non-hydrogen) atoms. The maximum absolute atomic E-state index is 12.5. The number of ether oxygens (including phenoxy) is 1. The molecule has 0 fully saturated rings. The molecule has 2 nitrogen and oxygen atoms in total. The second-order valence-electron chi connectivity index (χ2n) is 4.76. The Morgan fingerprint density at radius 3 is 2.19 bits per heavy atom. The van der Waals surface area contributed by atoms with Crippen LogP contribution in [-0.4, -0.2) is 12.9 Å². The van der Waals surface area contributed by atoms with E-state index < -0.39 is 0 Å². The Morgan fingerprint density at radius 1 is 0.857 bits per heavy atom. The molecule has 0 N–H and O–H groups in total. The van der Waals surface area contributed by atoms with Crippen molar-refractivity contribution in [3.63, 3.8) is 0 Å². The van der Waals surface area contributed by atoms with Crippen LogP contribution in [-0.2, 0) is 0 Å². The van der Waals surface area contributed by atoms with E-state index in [4.69, 9.17) is 4.74 Å². The van der Waals surface area contributed by atoms with Crippen molar-refractivity contribution < 1.29 is 9.53 Å². The van der Waals surface area contributed by atoms with Crippen molar-refractivity contribution in [3.05, 3.63) is 76.3 Å². The van der Waals surface area contributed by atoms with Crippen LogP contribution in [0.3, 0.4) is 0 Å². The van der Waals surface area contributed by atoms with Crippen LogP contribution >= 0.6 is 15.9 Å². The number of methoxy groups -OCH3 is 1. The highest BCUT2D eigenvalue weighted by atomic mass is 79.9. The number of rotatable bonds is 3. The molecular weight excluding hydrogens is 328 g/mol. The van der Waals surface area contributed by atoms with Gasteiger partial charge in [-0.05, 0) is 53.2 Å². The Hall–Kier alpha value is -2.13. The molecule has 0 radical (unpaired) electrons. The molecule has 104 valence electrons. The van der Waals surface area contributed by atoms with E-state index in [0.717, 1.165) is 21.0 Å². The van der Waals surface area contributed by atoms with E-state index in [2.05, 4.69) is 15.9 Å². The molecule has 0 spiro atoms. The Morgan fingerprint density at radius 2 is 1.48 bits per heavy atom. The van der Waals surface area contributed by atoms with Crippen molar-refractivity contribution >= 4 is 32.5 Å². The molecule has 0 bridgehead atoms. The number of fused-ring (bicyclic) bond motifs is 1. The summed E-state index contributed by atoms with van der Waals surface area (Å²) in [6, 6.07) is 18.9. The molecule has 3 aromatic carbocycles. The lowest BCUT2D eigenvalue weighted by Crippen LogP contribution is -2.00. The van der Waals surface area contributed by atoms with Gasteiger partial charge in [0.05, 0.1) is 7.11 Å². The summed E-state index contributed by atoms with van der Waals surface area (Å²) in [5, 5.41) is 2.08. The molecule has 0 aliphatic rings. The summed E-state index contributed by atoms with van der Waals surface area (Å²) in [4.78, 5) is 12.5. The predicted octanol–water partition coefficient (Wildman–Crippen LogP) is 4.84. The molecule has 0 heterocycles. The van der Waals surface area contributed by atoms with E-state index in [0.29, 0.717) is 11.1 Å². The molecule has 0 saturated carbocycles. The van der Waals surface area contributed by atoms with Crippen molar-refractivity contribution in [1.29, 1.82) is 0 Å². The molecule has 0 amide bonds. The highest BCUT2D eigenvalue weighted by Gasteiger charge is 2.09. The van der Waals surface area contributed by atoms with Gasteiger partial charge in [-0.15, -0.1) is 0 Å². The van der Waals surface area contributed by atoms with E-state index in [1.165, 1.54) is 0 Å². The van der Waals surface area contributed by atoms with Gasteiger partial charge in [0.2, 0.25) is 0 Å². The second-order valence-corrected chi connectivity index (χ2v) is 5.68. The minimum Gasteiger partial charge on any atom is -0.497 e. The van der Waals surface area contributed by atoms with E-state index in [9.17, 15) is 4.79 Å². The van der Waals surface area contributed by atoms with Gasteiger partial charge in [-0.2, -0.15) is 0 Å². The van der Waals surface area contributed by atoms with E-state index >= 15 is 0 Å². The Kier molecular flexibility index (Phi) is 3.76. The van der Waals surface area contributed by atoms with Gasteiger partial charge in [0.1, 0.15) is 5.75 Å². The summed E-state index contributed by atoms with van der Waals surface area (Å²) in [7, 11) is 1.65. The number of benzene rings is 3. The van der Waals surface area contributed by atoms with Gasteiger partial charge in [-0.25, -0.2) is 0 Å². The summed E-state index contributed by atoms with van der Waals surface area (Å²) >= 11 is 3.37. The van der Waals surface area contributed by atoms with Crippen molar-refractivity contribution in [2.75, 3.05) is 7.11 Å². The lowest BCUT2D eigenvalue weighted by Gasteiger charge is -2.05. The lowest BCUT2D eigenvalue weighted by molar-refractivity contribution is 0.103. The molecular formula is C18H13BrO2. The Bertz CT molecular complexity index is 807. The van der Waals surface area contributed by atoms with Crippen LogP contribution in [0.4, 0.5) is 0 Å². The van der Waals surface area contributed by atoms with Gasteiger partial charge < -0.3 is 4.74 Å². The molecule has 0 saturated heterocycles. The van der Waals surface area contributed by atoms with Crippen LogP contribution in [0.1, 0.15) is 15.9 Å². The van der Waals surface area contributed by atoms with Crippen LogP contribution in [0.5, 0.6) is 5.75 Å². The fourth-order valence-electron chi connectivity index (χ4n) is 2.26.